The van der Waals surface area contributed by atoms with Gasteiger partial charge in [-0.1, -0.05) is 37.9 Å². The monoisotopic (exact) mass is 415 g/mol. The van der Waals surface area contributed by atoms with Crippen LogP contribution in [0.3, 0.4) is 0 Å². The maximum atomic E-state index is 10.9. The highest BCUT2D eigenvalue weighted by Crippen LogP contribution is 2.30. The van der Waals surface area contributed by atoms with Gasteiger partial charge in [0, 0.05) is 15.0 Å². The van der Waals surface area contributed by atoms with Gasteiger partial charge in [0.05, 0.1) is 4.92 Å². The first-order chi connectivity index (χ1) is 10.1. The molecule has 0 bridgehead atoms. The van der Waals surface area contributed by atoms with Gasteiger partial charge in [0.25, 0.3) is 0 Å². The topological polar surface area (TPSA) is 61.6 Å². The van der Waals surface area contributed by atoms with Crippen molar-refractivity contribution in [2.75, 3.05) is 13.2 Å². The van der Waals surface area contributed by atoms with Gasteiger partial charge in [0.1, 0.15) is 19.0 Å². The van der Waals surface area contributed by atoms with E-state index in [4.69, 9.17) is 9.47 Å². The van der Waals surface area contributed by atoms with Crippen molar-refractivity contribution in [2.45, 2.75) is 0 Å². The second-order valence-electron chi connectivity index (χ2n) is 4.02. The molecular weight excluding hydrogens is 406 g/mol. The van der Waals surface area contributed by atoms with E-state index in [1.807, 2.05) is 24.3 Å². The first-order valence-electron chi connectivity index (χ1n) is 6.01. The number of hydrogen-bond acceptors (Lipinski definition) is 4. The Balaban J connectivity index is 1.90. The summed E-state index contributed by atoms with van der Waals surface area (Å²) < 4.78 is 12.5. The molecule has 0 amide bonds. The van der Waals surface area contributed by atoms with Crippen molar-refractivity contribution < 1.29 is 14.4 Å². The molecule has 0 aliphatic carbocycles. The van der Waals surface area contributed by atoms with Crippen molar-refractivity contribution in [1.29, 1.82) is 0 Å². The minimum Gasteiger partial charge on any atom is -0.490 e. The average Bonchev–Trinajstić information content (AvgIpc) is 2.44. The lowest BCUT2D eigenvalue weighted by atomic mass is 10.3. The number of nitro benzene ring substituents is 1. The van der Waals surface area contributed by atoms with Crippen molar-refractivity contribution in [3.05, 3.63) is 61.5 Å². The lowest BCUT2D eigenvalue weighted by Gasteiger charge is -2.09. The molecule has 0 atom stereocenters. The smallest absolute Gasteiger partial charge is 0.312 e. The number of rotatable bonds is 6. The molecule has 0 radical (unpaired) electrons. The van der Waals surface area contributed by atoms with E-state index in [1.165, 1.54) is 6.07 Å². The van der Waals surface area contributed by atoms with Crippen LogP contribution in [0.5, 0.6) is 11.5 Å². The average molecular weight is 417 g/mol. The van der Waals surface area contributed by atoms with Crippen LogP contribution in [0.1, 0.15) is 0 Å². The fourth-order valence-electron chi connectivity index (χ4n) is 1.62. The number of nitrogens with zero attached hydrogens (tertiary/aromatic N) is 1. The lowest BCUT2D eigenvalue weighted by molar-refractivity contribution is -0.385. The molecule has 0 aliphatic rings. The van der Waals surface area contributed by atoms with Gasteiger partial charge in [-0.15, -0.1) is 0 Å². The Kier molecular flexibility index (Phi) is 5.58. The maximum Gasteiger partial charge on any atom is 0.312 e. The molecule has 0 saturated carbocycles. The van der Waals surface area contributed by atoms with Crippen LogP contribution in [-0.4, -0.2) is 18.1 Å². The van der Waals surface area contributed by atoms with E-state index in [1.54, 1.807) is 12.1 Å². The summed E-state index contributed by atoms with van der Waals surface area (Å²) in [6.07, 6.45) is 0. The normalized spacial score (nSPS) is 10.2. The van der Waals surface area contributed by atoms with Gasteiger partial charge in [-0.2, -0.15) is 0 Å². The Morgan fingerprint density at radius 1 is 1.00 bits per heavy atom. The largest absolute Gasteiger partial charge is 0.490 e. The summed E-state index contributed by atoms with van der Waals surface area (Å²) in [6.45, 7) is 0.513. The first-order valence-corrected chi connectivity index (χ1v) is 7.60. The standard InChI is InChI=1S/C14H11Br2NO4/c15-10-2-1-3-12(8-10)20-6-7-21-14-5-4-11(16)9-13(14)17(18)19/h1-5,8-9H,6-7H2. The zero-order chi connectivity index (χ0) is 15.2. The molecule has 2 rings (SSSR count). The van der Waals surface area contributed by atoms with E-state index in [0.29, 0.717) is 16.8 Å². The molecule has 5 nitrogen and oxygen atoms in total. The summed E-state index contributed by atoms with van der Waals surface area (Å²) in [6, 6.07) is 12.1. The number of halogens is 2. The van der Waals surface area contributed by atoms with Gasteiger partial charge in [-0.05, 0) is 30.3 Å². The van der Waals surface area contributed by atoms with E-state index in [9.17, 15) is 10.1 Å². The highest BCUT2D eigenvalue weighted by molar-refractivity contribution is 9.10. The molecule has 21 heavy (non-hydrogen) atoms. The Morgan fingerprint density at radius 2 is 1.71 bits per heavy atom. The molecule has 2 aromatic rings. The van der Waals surface area contributed by atoms with E-state index < -0.39 is 4.92 Å². The van der Waals surface area contributed by atoms with E-state index >= 15 is 0 Å². The van der Waals surface area contributed by atoms with E-state index in [2.05, 4.69) is 31.9 Å². The zero-order valence-electron chi connectivity index (χ0n) is 10.8. The molecule has 7 heteroatoms. The molecule has 0 aliphatic heterocycles. The van der Waals surface area contributed by atoms with Gasteiger partial charge in [-0.25, -0.2) is 0 Å². The third kappa shape index (κ3) is 4.71. The fraction of sp³-hybridized carbons (Fsp3) is 0.143. The zero-order valence-corrected chi connectivity index (χ0v) is 14.0. The van der Waals surface area contributed by atoms with Crippen LogP contribution in [0.15, 0.2) is 51.4 Å². The van der Waals surface area contributed by atoms with Gasteiger partial charge in [0.15, 0.2) is 5.75 Å². The molecule has 0 aromatic heterocycles. The molecule has 0 N–H and O–H groups in total. The third-order valence-corrected chi connectivity index (χ3v) is 3.51. The van der Waals surface area contributed by atoms with Crippen molar-refractivity contribution >= 4 is 37.5 Å². The Bertz CT molecular complexity index is 649. The SMILES string of the molecule is O=[N+]([O-])c1cc(Br)ccc1OCCOc1cccc(Br)c1. The Labute approximate surface area is 138 Å². The fourth-order valence-corrected chi connectivity index (χ4v) is 2.35. The van der Waals surface area contributed by atoms with Crippen LogP contribution in [0.4, 0.5) is 5.69 Å². The molecular formula is C14H11Br2NO4. The molecule has 0 spiro atoms. The molecule has 0 unspecified atom stereocenters. The summed E-state index contributed by atoms with van der Waals surface area (Å²) in [5.74, 6) is 0.930. The van der Waals surface area contributed by atoms with Crippen molar-refractivity contribution in [3.8, 4) is 11.5 Å². The summed E-state index contributed by atoms with van der Waals surface area (Å²) in [4.78, 5) is 10.5. The van der Waals surface area contributed by atoms with Crippen LogP contribution in [0.25, 0.3) is 0 Å². The number of benzene rings is 2. The number of ether oxygens (including phenoxy) is 2. The second-order valence-corrected chi connectivity index (χ2v) is 5.85. The van der Waals surface area contributed by atoms with Crippen LogP contribution >= 0.6 is 31.9 Å². The molecule has 110 valence electrons. The van der Waals surface area contributed by atoms with E-state index in [0.717, 1.165) is 4.47 Å². The Hall–Kier alpha value is -1.60. The minimum atomic E-state index is -0.477. The van der Waals surface area contributed by atoms with Crippen molar-refractivity contribution in [2.24, 2.45) is 0 Å². The van der Waals surface area contributed by atoms with E-state index in [-0.39, 0.29) is 18.0 Å². The highest BCUT2D eigenvalue weighted by Gasteiger charge is 2.15. The van der Waals surface area contributed by atoms with Crippen LogP contribution < -0.4 is 9.47 Å². The maximum absolute atomic E-state index is 10.9. The first kappa shape index (κ1) is 15.8. The minimum absolute atomic E-state index is 0.0770. The Morgan fingerprint density at radius 3 is 2.43 bits per heavy atom. The summed E-state index contributed by atoms with van der Waals surface area (Å²) >= 11 is 6.54. The summed E-state index contributed by atoms with van der Waals surface area (Å²) in [5, 5.41) is 10.9. The van der Waals surface area contributed by atoms with Gasteiger partial charge in [-0.3, -0.25) is 10.1 Å². The predicted octanol–water partition coefficient (Wildman–Crippen LogP) is 4.58. The molecule has 0 heterocycles. The summed E-state index contributed by atoms with van der Waals surface area (Å²) in [7, 11) is 0. The molecule has 0 saturated heterocycles. The van der Waals surface area contributed by atoms with Crippen LogP contribution in [0.2, 0.25) is 0 Å². The van der Waals surface area contributed by atoms with Gasteiger partial charge in [0.2, 0.25) is 0 Å². The lowest BCUT2D eigenvalue weighted by Crippen LogP contribution is -2.09. The van der Waals surface area contributed by atoms with Crippen LogP contribution in [-0.2, 0) is 0 Å². The number of nitro groups is 1. The van der Waals surface area contributed by atoms with Crippen molar-refractivity contribution in [1.82, 2.24) is 0 Å². The number of hydrogen-bond donors (Lipinski definition) is 0. The third-order valence-electron chi connectivity index (χ3n) is 2.52. The van der Waals surface area contributed by atoms with Gasteiger partial charge >= 0.3 is 5.69 Å². The molecule has 2 aromatic carbocycles. The van der Waals surface area contributed by atoms with Gasteiger partial charge < -0.3 is 9.47 Å². The predicted molar refractivity (Wildman–Crippen MR) is 85.9 cm³/mol. The van der Waals surface area contributed by atoms with Crippen molar-refractivity contribution in [3.63, 3.8) is 0 Å². The quantitative estimate of drug-likeness (QED) is 0.393. The molecule has 0 fully saturated rings. The second kappa shape index (κ2) is 7.42. The van der Waals surface area contributed by atoms with Crippen LogP contribution in [0, 0.1) is 10.1 Å². The highest BCUT2D eigenvalue weighted by atomic mass is 79.9. The summed E-state index contributed by atoms with van der Waals surface area (Å²) in [5.41, 5.74) is -0.0770.